The van der Waals surface area contributed by atoms with Crippen LogP contribution < -0.4 is 5.32 Å². The summed E-state index contributed by atoms with van der Waals surface area (Å²) < 4.78 is 0. The molecule has 0 heterocycles. The number of ketones is 1. The first-order chi connectivity index (χ1) is 8.41. The third-order valence-electron chi connectivity index (χ3n) is 2.14. The highest BCUT2D eigenvalue weighted by atomic mass is 16.4. The molecule has 7 heteroatoms. The summed E-state index contributed by atoms with van der Waals surface area (Å²) in [4.78, 5) is 42.6. The Balaban J connectivity index is 3.49. The molecular weight excluding hydrogens is 242 g/mol. The molecule has 0 saturated heterocycles. The molecule has 0 aliphatic heterocycles. The van der Waals surface area contributed by atoms with Gasteiger partial charge in [0.1, 0.15) is 5.78 Å². The Morgan fingerprint density at radius 2 is 1.33 bits per heavy atom. The van der Waals surface area contributed by atoms with Crippen LogP contribution in [0.3, 0.4) is 0 Å². The van der Waals surface area contributed by atoms with Gasteiger partial charge in [0.15, 0.2) is 0 Å². The van der Waals surface area contributed by atoms with E-state index in [1.165, 1.54) is 0 Å². The van der Waals surface area contributed by atoms with E-state index in [0.29, 0.717) is 6.42 Å². The fourth-order valence-corrected chi connectivity index (χ4v) is 1.19. The Bertz CT molecular complexity index is 293. The van der Waals surface area contributed by atoms with Crippen molar-refractivity contribution < 1.29 is 29.4 Å². The Morgan fingerprint density at radius 1 is 0.778 bits per heavy atom. The summed E-state index contributed by atoms with van der Waals surface area (Å²) in [7, 11) is 0. The van der Waals surface area contributed by atoms with Gasteiger partial charge in [-0.15, -0.1) is 0 Å². The van der Waals surface area contributed by atoms with Crippen molar-refractivity contribution in [3.8, 4) is 0 Å². The molecule has 102 valence electrons. The summed E-state index contributed by atoms with van der Waals surface area (Å²) in [5, 5.41) is 19.2. The topological polar surface area (TPSA) is 121 Å². The molecule has 0 aromatic heterocycles. The molecule has 18 heavy (non-hydrogen) atoms. The van der Waals surface area contributed by atoms with Crippen LogP contribution in [-0.2, 0) is 19.2 Å². The summed E-state index contributed by atoms with van der Waals surface area (Å²) in [6.45, 7) is 0.289. The van der Waals surface area contributed by atoms with Gasteiger partial charge in [0, 0.05) is 25.8 Å². The number of Topliss-reactive ketones (excluding diaryl/α,β-unsaturated/α-hetero) is 1. The van der Waals surface area contributed by atoms with Crippen molar-refractivity contribution in [1.29, 1.82) is 0 Å². The second-order valence-corrected chi connectivity index (χ2v) is 3.78. The molecule has 0 bridgehead atoms. The normalized spacial score (nSPS) is 9.78. The minimum absolute atomic E-state index is 0.00228. The summed E-state index contributed by atoms with van der Waals surface area (Å²) >= 11 is 0. The predicted octanol–water partition coefficient (Wildman–Crippen LogP) is 0.182. The van der Waals surface area contributed by atoms with E-state index in [2.05, 4.69) is 5.32 Å². The third-order valence-corrected chi connectivity index (χ3v) is 2.14. The molecule has 0 aromatic rings. The van der Waals surface area contributed by atoms with Crippen molar-refractivity contribution in [2.24, 2.45) is 0 Å². The van der Waals surface area contributed by atoms with Gasteiger partial charge < -0.3 is 15.5 Å². The van der Waals surface area contributed by atoms with E-state index in [9.17, 15) is 19.2 Å². The van der Waals surface area contributed by atoms with E-state index in [1.54, 1.807) is 0 Å². The number of carbonyl (C=O) groups is 4. The van der Waals surface area contributed by atoms with Gasteiger partial charge in [-0.2, -0.15) is 0 Å². The number of carbonyl (C=O) groups excluding carboxylic acids is 2. The second kappa shape index (κ2) is 9.15. The summed E-state index contributed by atoms with van der Waals surface area (Å²) in [6, 6.07) is 0. The maximum absolute atomic E-state index is 11.2. The minimum Gasteiger partial charge on any atom is -0.481 e. The Kier molecular flexibility index (Phi) is 8.17. The zero-order valence-corrected chi connectivity index (χ0v) is 9.98. The molecule has 1 amide bonds. The van der Waals surface area contributed by atoms with Crippen molar-refractivity contribution in [1.82, 2.24) is 5.32 Å². The van der Waals surface area contributed by atoms with Gasteiger partial charge >= 0.3 is 11.9 Å². The Labute approximate surface area is 104 Å². The number of carboxylic acid groups (broad SMARTS) is 2. The van der Waals surface area contributed by atoms with Crippen molar-refractivity contribution in [3.63, 3.8) is 0 Å². The van der Waals surface area contributed by atoms with E-state index in [-0.39, 0.29) is 50.3 Å². The van der Waals surface area contributed by atoms with Crippen LogP contribution in [0.2, 0.25) is 0 Å². The largest absolute Gasteiger partial charge is 0.481 e. The highest BCUT2D eigenvalue weighted by Crippen LogP contribution is 1.98. The maximum Gasteiger partial charge on any atom is 0.303 e. The lowest BCUT2D eigenvalue weighted by Crippen LogP contribution is -2.25. The molecule has 0 aliphatic carbocycles. The first kappa shape index (κ1) is 16.1. The van der Waals surface area contributed by atoms with Crippen LogP contribution in [0.4, 0.5) is 0 Å². The first-order valence-electron chi connectivity index (χ1n) is 5.64. The van der Waals surface area contributed by atoms with Gasteiger partial charge in [-0.25, -0.2) is 0 Å². The van der Waals surface area contributed by atoms with Crippen LogP contribution >= 0.6 is 0 Å². The lowest BCUT2D eigenvalue weighted by molar-refractivity contribution is -0.139. The smallest absolute Gasteiger partial charge is 0.303 e. The first-order valence-corrected chi connectivity index (χ1v) is 5.64. The quantitative estimate of drug-likeness (QED) is 0.481. The van der Waals surface area contributed by atoms with Crippen LogP contribution in [0.15, 0.2) is 0 Å². The Morgan fingerprint density at radius 3 is 1.89 bits per heavy atom. The Hall–Kier alpha value is -1.92. The SMILES string of the molecule is O=C(O)CCC(=O)CCCNC(=O)CCC(=O)O. The van der Waals surface area contributed by atoms with Gasteiger partial charge in [0.25, 0.3) is 0 Å². The summed E-state index contributed by atoms with van der Waals surface area (Å²) in [6.07, 6.45) is 0.168. The van der Waals surface area contributed by atoms with Gasteiger partial charge in [-0.3, -0.25) is 19.2 Å². The van der Waals surface area contributed by atoms with E-state index in [4.69, 9.17) is 10.2 Å². The number of aliphatic carboxylic acids is 2. The van der Waals surface area contributed by atoms with Crippen molar-refractivity contribution >= 4 is 23.6 Å². The van der Waals surface area contributed by atoms with Crippen LogP contribution in [-0.4, -0.2) is 40.4 Å². The van der Waals surface area contributed by atoms with Crippen molar-refractivity contribution in [3.05, 3.63) is 0 Å². The van der Waals surface area contributed by atoms with E-state index < -0.39 is 11.9 Å². The number of nitrogens with one attached hydrogen (secondary N) is 1. The molecule has 3 N–H and O–H groups in total. The zero-order chi connectivity index (χ0) is 14.0. The fraction of sp³-hybridized carbons (Fsp3) is 0.636. The molecule has 0 radical (unpaired) electrons. The number of carboxylic acids is 2. The predicted molar refractivity (Wildman–Crippen MR) is 61.0 cm³/mol. The minimum atomic E-state index is -1.03. The van der Waals surface area contributed by atoms with Gasteiger partial charge in [-0.05, 0) is 6.42 Å². The molecule has 0 unspecified atom stereocenters. The highest BCUT2D eigenvalue weighted by molar-refractivity contribution is 5.82. The van der Waals surface area contributed by atoms with Gasteiger partial charge in [0.05, 0.1) is 12.8 Å². The van der Waals surface area contributed by atoms with Gasteiger partial charge in [-0.1, -0.05) is 0 Å². The average Bonchev–Trinajstić information content (AvgIpc) is 2.29. The van der Waals surface area contributed by atoms with Crippen LogP contribution in [0, 0.1) is 0 Å². The maximum atomic E-state index is 11.2. The van der Waals surface area contributed by atoms with Crippen LogP contribution in [0.5, 0.6) is 0 Å². The molecule has 7 nitrogen and oxygen atoms in total. The van der Waals surface area contributed by atoms with E-state index in [0.717, 1.165) is 0 Å². The van der Waals surface area contributed by atoms with E-state index >= 15 is 0 Å². The number of amides is 1. The highest BCUT2D eigenvalue weighted by Gasteiger charge is 2.07. The lowest BCUT2D eigenvalue weighted by Gasteiger charge is -2.03. The van der Waals surface area contributed by atoms with Crippen LogP contribution in [0.1, 0.15) is 38.5 Å². The number of hydrogen-bond acceptors (Lipinski definition) is 4. The van der Waals surface area contributed by atoms with Crippen LogP contribution in [0.25, 0.3) is 0 Å². The van der Waals surface area contributed by atoms with E-state index in [1.807, 2.05) is 0 Å². The molecule has 0 aliphatic rings. The molecule has 0 saturated carbocycles. The zero-order valence-electron chi connectivity index (χ0n) is 9.98. The average molecular weight is 259 g/mol. The fourth-order valence-electron chi connectivity index (χ4n) is 1.19. The second-order valence-electron chi connectivity index (χ2n) is 3.78. The molecule has 0 fully saturated rings. The summed E-state index contributed by atoms with van der Waals surface area (Å²) in [5.41, 5.74) is 0. The number of hydrogen-bond donors (Lipinski definition) is 3. The lowest BCUT2D eigenvalue weighted by atomic mass is 10.1. The molecule has 0 atom stereocenters. The molecule has 0 spiro atoms. The van der Waals surface area contributed by atoms with Crippen molar-refractivity contribution in [2.75, 3.05) is 6.54 Å². The summed E-state index contributed by atoms with van der Waals surface area (Å²) in [5.74, 6) is -2.56. The molecule has 0 rings (SSSR count). The molecule has 0 aromatic carbocycles. The van der Waals surface area contributed by atoms with Crippen molar-refractivity contribution in [2.45, 2.75) is 38.5 Å². The standard InChI is InChI=1S/C11H17NO6/c13-8(3-5-10(15)16)2-1-7-12-9(14)4-6-11(17)18/h1-7H2,(H,12,14)(H,15,16)(H,17,18). The molecular formula is C11H17NO6. The number of rotatable bonds is 10. The van der Waals surface area contributed by atoms with Gasteiger partial charge in [0.2, 0.25) is 5.91 Å². The third kappa shape index (κ3) is 10.6. The monoisotopic (exact) mass is 259 g/mol.